The lowest BCUT2D eigenvalue weighted by molar-refractivity contribution is 0.0684. The average molecular weight is 310 g/mol. The minimum Gasteiger partial charge on any atom is -0.497 e. The van der Waals surface area contributed by atoms with Gasteiger partial charge >= 0.3 is 5.97 Å². The molecule has 6 heteroatoms. The summed E-state index contributed by atoms with van der Waals surface area (Å²) in [6, 6.07) is 15.9. The zero-order chi connectivity index (χ0) is 16.2. The fraction of sp³-hybridized carbons (Fsp3) is 0.0588. The Balaban J connectivity index is 2.03. The topological polar surface area (TPSA) is 73.6 Å². The van der Waals surface area contributed by atoms with E-state index in [0.29, 0.717) is 17.2 Å². The number of para-hydroxylation sites is 1. The number of aromatic nitrogens is 2. The number of ether oxygens (including phenoxy) is 2. The number of aromatic carboxylic acids is 1. The molecule has 0 atom stereocenters. The van der Waals surface area contributed by atoms with Gasteiger partial charge in [-0.1, -0.05) is 24.3 Å². The van der Waals surface area contributed by atoms with Crippen LogP contribution in [0.1, 0.15) is 10.5 Å². The van der Waals surface area contributed by atoms with E-state index in [-0.39, 0.29) is 11.4 Å². The van der Waals surface area contributed by atoms with Crippen molar-refractivity contribution in [3.8, 4) is 22.9 Å². The van der Waals surface area contributed by atoms with Crippen LogP contribution in [0.4, 0.5) is 0 Å². The van der Waals surface area contributed by atoms with E-state index in [4.69, 9.17) is 9.47 Å². The Bertz CT molecular complexity index is 828. The van der Waals surface area contributed by atoms with Gasteiger partial charge in [-0.05, 0) is 24.3 Å². The first-order chi connectivity index (χ1) is 11.2. The summed E-state index contributed by atoms with van der Waals surface area (Å²) in [7, 11) is 1.55. The first kappa shape index (κ1) is 14.6. The molecule has 3 aromatic rings. The largest absolute Gasteiger partial charge is 0.497 e. The van der Waals surface area contributed by atoms with Gasteiger partial charge < -0.3 is 14.6 Å². The molecule has 0 fully saturated rings. The van der Waals surface area contributed by atoms with E-state index in [2.05, 4.69) is 5.10 Å². The number of carbonyl (C=O) groups is 1. The molecule has 0 unspecified atom stereocenters. The number of rotatable bonds is 5. The molecule has 3 rings (SSSR count). The molecule has 0 aliphatic carbocycles. The van der Waals surface area contributed by atoms with Crippen LogP contribution in [0, 0.1) is 0 Å². The summed E-state index contributed by atoms with van der Waals surface area (Å²) in [5.41, 5.74) is 0.520. The molecule has 0 spiro atoms. The Morgan fingerprint density at radius 1 is 1.09 bits per heavy atom. The van der Waals surface area contributed by atoms with Crippen LogP contribution >= 0.6 is 0 Å². The van der Waals surface area contributed by atoms with E-state index in [1.807, 2.05) is 18.2 Å². The number of hydrogen-bond donors (Lipinski definition) is 1. The maximum absolute atomic E-state index is 11.6. The second kappa shape index (κ2) is 6.23. The van der Waals surface area contributed by atoms with Gasteiger partial charge in [0, 0.05) is 6.07 Å². The van der Waals surface area contributed by atoms with Gasteiger partial charge in [0.05, 0.1) is 19.0 Å². The zero-order valence-corrected chi connectivity index (χ0v) is 12.3. The number of carboxylic acids is 1. The minimum atomic E-state index is -1.13. The summed E-state index contributed by atoms with van der Waals surface area (Å²) < 4.78 is 12.1. The number of methoxy groups -OCH3 is 1. The predicted octanol–water partition coefficient (Wildman–Crippen LogP) is 3.37. The van der Waals surface area contributed by atoms with Gasteiger partial charge in [0.25, 0.3) is 0 Å². The smallest absolute Gasteiger partial charge is 0.358 e. The molecule has 0 bridgehead atoms. The van der Waals surface area contributed by atoms with Crippen LogP contribution in [0.15, 0.2) is 60.8 Å². The Kier molecular flexibility index (Phi) is 3.97. The predicted molar refractivity (Wildman–Crippen MR) is 83.6 cm³/mol. The van der Waals surface area contributed by atoms with Crippen molar-refractivity contribution in [1.82, 2.24) is 9.78 Å². The number of carboxylic acid groups (broad SMARTS) is 1. The number of benzene rings is 2. The van der Waals surface area contributed by atoms with E-state index in [0.717, 1.165) is 0 Å². The van der Waals surface area contributed by atoms with Gasteiger partial charge in [-0.15, -0.1) is 0 Å². The van der Waals surface area contributed by atoms with Crippen LogP contribution in [0.2, 0.25) is 0 Å². The van der Waals surface area contributed by atoms with E-state index < -0.39 is 5.97 Å². The van der Waals surface area contributed by atoms with Gasteiger partial charge in [0.1, 0.15) is 11.5 Å². The second-order valence-electron chi connectivity index (χ2n) is 4.69. The van der Waals surface area contributed by atoms with Gasteiger partial charge in [-0.25, -0.2) is 9.48 Å². The normalized spacial score (nSPS) is 10.3. The maximum Gasteiger partial charge on any atom is 0.358 e. The van der Waals surface area contributed by atoms with Gasteiger partial charge in [-0.3, -0.25) is 0 Å². The second-order valence-corrected chi connectivity index (χ2v) is 4.69. The molecular formula is C17H14N2O4. The standard InChI is InChI=1S/C17H14N2O4/c1-22-14-9-5-6-12(10-14)19-16(17(20)21)15(11-18-19)23-13-7-3-2-4-8-13/h2-11H,1H3,(H,20,21). The molecule has 0 aliphatic heterocycles. The molecule has 1 heterocycles. The van der Waals surface area contributed by atoms with E-state index >= 15 is 0 Å². The van der Waals surface area contributed by atoms with Gasteiger partial charge in [0.15, 0.2) is 11.4 Å². The lowest BCUT2D eigenvalue weighted by atomic mass is 10.3. The first-order valence-electron chi connectivity index (χ1n) is 6.87. The molecule has 1 aromatic heterocycles. The van der Waals surface area contributed by atoms with Crippen molar-refractivity contribution in [1.29, 1.82) is 0 Å². The van der Waals surface area contributed by atoms with Crippen LogP contribution in [0.25, 0.3) is 5.69 Å². The van der Waals surface area contributed by atoms with Crippen molar-refractivity contribution < 1.29 is 19.4 Å². The van der Waals surface area contributed by atoms with Crippen LogP contribution in [-0.4, -0.2) is 28.0 Å². The van der Waals surface area contributed by atoms with Crippen molar-refractivity contribution in [3.05, 3.63) is 66.5 Å². The third kappa shape index (κ3) is 3.01. The average Bonchev–Trinajstić information content (AvgIpc) is 2.99. The Labute approximate surface area is 132 Å². The highest BCUT2D eigenvalue weighted by molar-refractivity contribution is 5.89. The molecule has 0 aliphatic rings. The summed E-state index contributed by atoms with van der Waals surface area (Å²) in [6.07, 6.45) is 1.38. The molecule has 116 valence electrons. The van der Waals surface area contributed by atoms with E-state index in [9.17, 15) is 9.90 Å². The Morgan fingerprint density at radius 2 is 1.83 bits per heavy atom. The highest BCUT2D eigenvalue weighted by Gasteiger charge is 2.21. The van der Waals surface area contributed by atoms with E-state index in [1.165, 1.54) is 10.9 Å². The summed E-state index contributed by atoms with van der Waals surface area (Å²) >= 11 is 0. The molecule has 1 N–H and O–H groups in total. The highest BCUT2D eigenvalue weighted by Crippen LogP contribution is 2.28. The lowest BCUT2D eigenvalue weighted by Crippen LogP contribution is -2.09. The quantitative estimate of drug-likeness (QED) is 0.782. The summed E-state index contributed by atoms with van der Waals surface area (Å²) in [5.74, 6) is 0.197. The van der Waals surface area contributed by atoms with Crippen molar-refractivity contribution in [2.75, 3.05) is 7.11 Å². The van der Waals surface area contributed by atoms with Gasteiger partial charge in [0.2, 0.25) is 0 Å². The molecule has 0 radical (unpaired) electrons. The molecule has 0 saturated heterocycles. The molecule has 0 saturated carbocycles. The van der Waals surface area contributed by atoms with Crippen molar-refractivity contribution in [2.24, 2.45) is 0 Å². The summed E-state index contributed by atoms with van der Waals surface area (Å²) in [4.78, 5) is 11.6. The molecule has 2 aromatic carbocycles. The molecular weight excluding hydrogens is 296 g/mol. The van der Waals surface area contributed by atoms with Crippen molar-refractivity contribution in [2.45, 2.75) is 0 Å². The first-order valence-corrected chi connectivity index (χ1v) is 6.87. The summed E-state index contributed by atoms with van der Waals surface area (Å²) in [5, 5.41) is 13.7. The lowest BCUT2D eigenvalue weighted by Gasteiger charge is -2.08. The monoisotopic (exact) mass is 310 g/mol. The Morgan fingerprint density at radius 3 is 2.52 bits per heavy atom. The fourth-order valence-electron chi connectivity index (χ4n) is 2.16. The van der Waals surface area contributed by atoms with Crippen molar-refractivity contribution in [3.63, 3.8) is 0 Å². The Hall–Kier alpha value is -3.28. The molecule has 6 nitrogen and oxygen atoms in total. The highest BCUT2D eigenvalue weighted by atomic mass is 16.5. The van der Waals surface area contributed by atoms with Crippen LogP contribution in [0.5, 0.6) is 17.2 Å². The van der Waals surface area contributed by atoms with Crippen LogP contribution < -0.4 is 9.47 Å². The molecule has 0 amide bonds. The third-order valence-corrected chi connectivity index (χ3v) is 3.21. The van der Waals surface area contributed by atoms with Crippen LogP contribution in [-0.2, 0) is 0 Å². The summed E-state index contributed by atoms with van der Waals surface area (Å²) in [6.45, 7) is 0. The maximum atomic E-state index is 11.6. The minimum absolute atomic E-state index is 0.0536. The SMILES string of the molecule is COc1cccc(-n2ncc(Oc3ccccc3)c2C(=O)O)c1. The number of hydrogen-bond acceptors (Lipinski definition) is 4. The molecule has 23 heavy (non-hydrogen) atoms. The van der Waals surface area contributed by atoms with Gasteiger partial charge in [-0.2, -0.15) is 5.10 Å². The third-order valence-electron chi connectivity index (χ3n) is 3.21. The fourth-order valence-corrected chi connectivity index (χ4v) is 2.16. The van der Waals surface area contributed by atoms with Crippen molar-refractivity contribution >= 4 is 5.97 Å². The van der Waals surface area contributed by atoms with Crippen LogP contribution in [0.3, 0.4) is 0 Å². The zero-order valence-electron chi connectivity index (χ0n) is 12.3. The number of nitrogens with zero attached hydrogens (tertiary/aromatic N) is 2. The van der Waals surface area contributed by atoms with E-state index in [1.54, 1.807) is 43.5 Å².